The molecule has 10 aromatic rings. The molecule has 1 aliphatic carbocycles. The third-order valence-corrected chi connectivity index (χ3v) is 20.9. The molecule has 10 aromatic carbocycles. The maximum absolute atomic E-state index is 16.6. The zero-order valence-corrected chi connectivity index (χ0v) is 57.5. The number of ether oxygens (including phenoxy) is 2. The molecule has 0 saturated heterocycles. The van der Waals surface area contributed by atoms with Crippen molar-refractivity contribution in [2.75, 3.05) is 0 Å². The summed E-state index contributed by atoms with van der Waals surface area (Å²) in [7, 11) is -21.6. The number of carbonyl (C=O) groups is 2. The summed E-state index contributed by atoms with van der Waals surface area (Å²) < 4.78 is 158. The van der Waals surface area contributed by atoms with E-state index in [1.165, 1.54) is 24.3 Å². The molecule has 1 saturated carbocycles. The molecule has 0 aromatic heterocycles. The second kappa shape index (κ2) is 36.3. The van der Waals surface area contributed by atoms with E-state index < -0.39 is 133 Å². The van der Waals surface area contributed by atoms with Gasteiger partial charge in [-0.15, -0.1) is 0 Å². The zero-order valence-electron chi connectivity index (χ0n) is 53.9. The molecular weight excluding hydrogens is 1360 g/mol. The number of rotatable bonds is 36. The van der Waals surface area contributed by atoms with Crippen molar-refractivity contribution in [3.63, 3.8) is 0 Å². The van der Waals surface area contributed by atoms with Crippen LogP contribution >= 0.6 is 31.3 Å². The number of hydrogen-bond donors (Lipinski definition) is 0. The van der Waals surface area contributed by atoms with Gasteiger partial charge >= 0.3 is 43.2 Å². The first-order chi connectivity index (χ1) is 48.8. The summed E-state index contributed by atoms with van der Waals surface area (Å²) in [6.45, 7) is -3.77. The Kier molecular flexibility index (Phi) is 26.4. The molecule has 0 bridgehead atoms. The number of esters is 2. The Bertz CT molecular complexity index is 3850. The smallest absolute Gasteiger partial charge is 0.452 e. The van der Waals surface area contributed by atoms with E-state index in [4.69, 9.17) is 63.8 Å². The molecule has 0 unspecified atom stereocenters. The Labute approximate surface area is 580 Å². The fourth-order valence-electron chi connectivity index (χ4n) is 10.2. The van der Waals surface area contributed by atoms with Crippen LogP contribution in [0.25, 0.3) is 0 Å². The van der Waals surface area contributed by atoms with Crippen LogP contribution in [0.1, 0.15) is 65.2 Å². The van der Waals surface area contributed by atoms with Crippen LogP contribution in [0.4, 0.5) is 0 Å². The van der Waals surface area contributed by atoms with E-state index in [0.717, 1.165) is 0 Å². The molecule has 0 heterocycles. The van der Waals surface area contributed by atoms with Crippen molar-refractivity contribution >= 4 is 43.2 Å². The zero-order chi connectivity index (χ0) is 69.3. The highest BCUT2D eigenvalue weighted by molar-refractivity contribution is 7.49. The summed E-state index contributed by atoms with van der Waals surface area (Å²) >= 11 is 0. The van der Waals surface area contributed by atoms with Gasteiger partial charge in [0.25, 0.3) is 0 Å². The maximum atomic E-state index is 16.6. The average molecular weight is 1430 g/mol. The molecule has 1 fully saturated rings. The lowest BCUT2D eigenvalue weighted by molar-refractivity contribution is -0.214. The third-order valence-electron chi connectivity index (χ3n) is 15.3. The first-order valence-corrected chi connectivity index (χ1v) is 37.7. The first-order valence-electron chi connectivity index (χ1n) is 31.9. The quantitative estimate of drug-likeness (QED) is 0.0262. The SMILES string of the molecule is O=C(O[C@@H]1[C@H](OC(=O)c2ccccc2)[C@H](OP(=O)(OCc2ccccc2)OCc2ccccc2)[C@@H](OP(=O)(OCc2ccccc2)OCc2ccccc2)[C@H](OP(=O)(OCc2ccccc2)OCc2ccccc2)[C@H]1OP(=O)(OCc1ccccc1)OCc1ccccc1)c1ccccc1. The molecule has 1 aliphatic rings. The molecule has 0 aliphatic heterocycles. The Morgan fingerprint density at radius 1 is 0.210 bits per heavy atom. The number of carbonyl (C=O) groups excluding carboxylic acids is 2. The van der Waals surface area contributed by atoms with Crippen molar-refractivity contribution in [2.24, 2.45) is 0 Å². The summed E-state index contributed by atoms with van der Waals surface area (Å²) in [6.07, 6.45) is -14.4. The number of phosphoric ester groups is 4. The number of hydrogen-bond acceptors (Lipinski definition) is 20. The van der Waals surface area contributed by atoms with E-state index in [9.17, 15) is 0 Å². The fraction of sp³-hybridized carbons (Fsp3) is 0.184. The van der Waals surface area contributed by atoms with Crippen LogP contribution in [0, 0.1) is 0 Å². The topological polar surface area (TPSA) is 232 Å². The second-order valence-corrected chi connectivity index (χ2v) is 29.1. The maximum Gasteiger partial charge on any atom is 0.475 e. The molecule has 24 heteroatoms. The van der Waals surface area contributed by atoms with Gasteiger partial charge in [0.05, 0.1) is 64.0 Å². The Morgan fingerprint density at radius 3 is 0.510 bits per heavy atom. The minimum atomic E-state index is -5.41. The van der Waals surface area contributed by atoms with E-state index in [0.29, 0.717) is 44.5 Å². The van der Waals surface area contributed by atoms with Crippen LogP contribution in [0.3, 0.4) is 0 Å². The monoisotopic (exact) mass is 1430 g/mol. The van der Waals surface area contributed by atoms with Gasteiger partial charge < -0.3 is 9.47 Å². The van der Waals surface area contributed by atoms with Gasteiger partial charge in [0.15, 0.2) is 12.2 Å². The van der Waals surface area contributed by atoms with Crippen LogP contribution in [0.5, 0.6) is 0 Å². The largest absolute Gasteiger partial charge is 0.475 e. The van der Waals surface area contributed by atoms with E-state index in [1.54, 1.807) is 279 Å². The number of phosphoric acid groups is 4. The lowest BCUT2D eigenvalue weighted by Gasteiger charge is -2.49. The molecule has 0 N–H and O–H groups in total. The van der Waals surface area contributed by atoms with Gasteiger partial charge in [0, 0.05) is 0 Å². The summed E-state index contributed by atoms with van der Waals surface area (Å²) in [6, 6.07) is 83.8. The molecule has 516 valence electrons. The highest BCUT2D eigenvalue weighted by Crippen LogP contribution is 2.63. The molecule has 0 radical (unpaired) electrons. The van der Waals surface area contributed by atoms with Gasteiger partial charge in [-0.25, -0.2) is 27.8 Å². The molecular formula is C76H72O20P4. The van der Waals surface area contributed by atoms with Crippen molar-refractivity contribution in [1.29, 1.82) is 0 Å². The third kappa shape index (κ3) is 21.8. The van der Waals surface area contributed by atoms with Crippen LogP contribution < -0.4 is 0 Å². The summed E-state index contributed by atoms with van der Waals surface area (Å²) in [5.74, 6) is -2.28. The molecule has 20 nitrogen and oxygen atoms in total. The summed E-state index contributed by atoms with van der Waals surface area (Å²) in [4.78, 5) is 30.7. The minimum absolute atomic E-state index is 0.0919. The van der Waals surface area contributed by atoms with Gasteiger partial charge in [0.1, 0.15) is 24.4 Å². The van der Waals surface area contributed by atoms with Crippen molar-refractivity contribution in [3.05, 3.63) is 359 Å². The normalized spacial score (nSPS) is 17.2. The van der Waals surface area contributed by atoms with E-state index in [1.807, 2.05) is 0 Å². The predicted octanol–water partition coefficient (Wildman–Crippen LogP) is 18.2. The van der Waals surface area contributed by atoms with Gasteiger partial charge in [0.2, 0.25) is 0 Å². The van der Waals surface area contributed by atoms with Crippen molar-refractivity contribution in [2.45, 2.75) is 89.5 Å². The van der Waals surface area contributed by atoms with Crippen molar-refractivity contribution < 1.29 is 91.6 Å². The van der Waals surface area contributed by atoms with Crippen molar-refractivity contribution in [3.8, 4) is 0 Å². The van der Waals surface area contributed by atoms with Gasteiger partial charge in [-0.3, -0.25) is 54.3 Å². The Hall–Kier alpha value is -8.42. The summed E-state index contributed by atoms with van der Waals surface area (Å²) in [5, 5.41) is 0. The fourth-order valence-corrected chi connectivity index (χ4v) is 15.6. The standard InChI is InChI=1S/C76H72O20P4/c77-75(67-47-27-9-28-48-67)91-69-70(92-76(78)68-49-29-10-30-50-68)72(94-98(80,85-53-61-35-15-3-16-36-61)86-54-62-37-17-4-18-38-62)74(96-100(82,89-57-65-43-23-7-24-44-65)90-58-66-45-25-8-26-46-66)73(95-99(81,87-55-63-39-19-5-20-40-63)88-56-64-41-21-6-22-42-64)71(69)93-97(79,83-51-59-31-11-1-12-32-59)84-52-60-33-13-2-14-34-60/h1-50,69-74H,51-58H2/t69-,70+,71-,72-,73+,74+/m0/s1. The molecule has 100 heavy (non-hydrogen) atoms. The van der Waals surface area contributed by atoms with Crippen LogP contribution in [0.15, 0.2) is 303 Å². The average Bonchev–Trinajstić information content (AvgIpc) is 0.738. The first kappa shape index (κ1) is 72.8. The van der Waals surface area contributed by atoms with Crippen LogP contribution in [-0.4, -0.2) is 48.6 Å². The van der Waals surface area contributed by atoms with Gasteiger partial charge in [-0.05, 0) is 68.8 Å². The van der Waals surface area contributed by atoms with Crippen molar-refractivity contribution in [1.82, 2.24) is 0 Å². The lowest BCUT2D eigenvalue weighted by Crippen LogP contribution is -2.67. The van der Waals surface area contributed by atoms with E-state index in [-0.39, 0.29) is 11.1 Å². The Morgan fingerprint density at radius 2 is 0.350 bits per heavy atom. The van der Waals surface area contributed by atoms with Crippen LogP contribution in [0.2, 0.25) is 0 Å². The Balaban J connectivity index is 1.18. The summed E-state index contributed by atoms with van der Waals surface area (Å²) in [5.41, 5.74) is 3.60. The predicted molar refractivity (Wildman–Crippen MR) is 371 cm³/mol. The van der Waals surface area contributed by atoms with E-state index >= 15 is 27.8 Å². The molecule has 0 amide bonds. The molecule has 0 spiro atoms. The second-order valence-electron chi connectivity index (χ2n) is 22.6. The minimum Gasteiger partial charge on any atom is -0.452 e. The highest BCUT2D eigenvalue weighted by Gasteiger charge is 2.64. The van der Waals surface area contributed by atoms with E-state index in [2.05, 4.69) is 0 Å². The van der Waals surface area contributed by atoms with Gasteiger partial charge in [-0.2, -0.15) is 0 Å². The lowest BCUT2D eigenvalue weighted by atomic mass is 9.84. The molecule has 6 atom stereocenters. The number of benzene rings is 10. The van der Waals surface area contributed by atoms with Gasteiger partial charge in [-0.1, -0.05) is 279 Å². The molecule has 11 rings (SSSR count). The van der Waals surface area contributed by atoms with Crippen LogP contribution in [-0.2, 0) is 135 Å². The highest BCUT2D eigenvalue weighted by atomic mass is 31.2.